The van der Waals surface area contributed by atoms with Crippen LogP contribution >= 0.6 is 22.9 Å². The molecular formula is C23H27ClFN3O2S. The van der Waals surface area contributed by atoms with Crippen molar-refractivity contribution < 1.29 is 14.0 Å². The van der Waals surface area contributed by atoms with E-state index in [1.165, 1.54) is 17.0 Å². The van der Waals surface area contributed by atoms with Gasteiger partial charge >= 0.3 is 0 Å². The van der Waals surface area contributed by atoms with Gasteiger partial charge in [-0.1, -0.05) is 23.7 Å². The van der Waals surface area contributed by atoms with E-state index in [2.05, 4.69) is 11.0 Å². The first kappa shape index (κ1) is 22.2. The van der Waals surface area contributed by atoms with Crippen molar-refractivity contribution in [2.45, 2.75) is 25.8 Å². The van der Waals surface area contributed by atoms with Crippen LogP contribution in [0.3, 0.4) is 0 Å². The number of carbonyl (C=O) groups excluding carboxylic acids is 2. The van der Waals surface area contributed by atoms with Crippen molar-refractivity contribution in [3.8, 4) is 0 Å². The van der Waals surface area contributed by atoms with Crippen LogP contribution in [-0.4, -0.2) is 65.8 Å². The molecule has 1 atom stereocenters. The number of piperazine rings is 1. The molecule has 31 heavy (non-hydrogen) atoms. The van der Waals surface area contributed by atoms with Crippen LogP contribution in [0.5, 0.6) is 0 Å². The van der Waals surface area contributed by atoms with Gasteiger partial charge in [0.1, 0.15) is 5.82 Å². The van der Waals surface area contributed by atoms with Gasteiger partial charge in [0.05, 0.1) is 16.7 Å². The summed E-state index contributed by atoms with van der Waals surface area (Å²) in [7, 11) is 0. The van der Waals surface area contributed by atoms with Crippen LogP contribution in [0.1, 0.15) is 23.3 Å². The molecule has 2 saturated heterocycles. The number of amides is 2. The fraction of sp³-hybridized carbons (Fsp3) is 0.478. The van der Waals surface area contributed by atoms with Crippen LogP contribution in [-0.2, 0) is 22.6 Å². The van der Waals surface area contributed by atoms with E-state index in [0.717, 1.165) is 55.5 Å². The largest absolute Gasteiger partial charge is 0.342 e. The van der Waals surface area contributed by atoms with Crippen molar-refractivity contribution in [1.29, 1.82) is 0 Å². The summed E-state index contributed by atoms with van der Waals surface area (Å²) in [5, 5.41) is 0. The molecule has 0 spiro atoms. The molecule has 0 bridgehead atoms. The van der Waals surface area contributed by atoms with E-state index in [4.69, 9.17) is 11.6 Å². The summed E-state index contributed by atoms with van der Waals surface area (Å²) in [5.41, 5.74) is 0.794. The summed E-state index contributed by atoms with van der Waals surface area (Å²) < 4.78 is 13.9. The zero-order chi connectivity index (χ0) is 21.8. The van der Waals surface area contributed by atoms with Crippen molar-refractivity contribution in [1.82, 2.24) is 14.7 Å². The molecule has 1 aromatic heterocycles. The average Bonchev–Trinajstić information content (AvgIpc) is 3.20. The molecule has 2 aromatic rings. The van der Waals surface area contributed by atoms with Gasteiger partial charge in [0.25, 0.3) is 0 Å². The second-order valence-corrected chi connectivity index (χ2v) is 10.1. The fourth-order valence-electron chi connectivity index (χ4n) is 4.34. The number of hydrogen-bond donors (Lipinski definition) is 0. The number of halogens is 2. The molecule has 1 aromatic carbocycles. The number of hydrogen-bond acceptors (Lipinski definition) is 4. The van der Waals surface area contributed by atoms with E-state index in [1.54, 1.807) is 28.4 Å². The van der Waals surface area contributed by atoms with E-state index in [0.29, 0.717) is 13.1 Å². The highest BCUT2D eigenvalue weighted by molar-refractivity contribution is 7.16. The Hall–Kier alpha value is -1.96. The molecule has 2 aliphatic heterocycles. The van der Waals surface area contributed by atoms with E-state index in [-0.39, 0.29) is 30.0 Å². The molecule has 2 fully saturated rings. The Labute approximate surface area is 191 Å². The molecular weight excluding hydrogens is 437 g/mol. The molecule has 0 saturated carbocycles. The molecule has 0 aliphatic carbocycles. The van der Waals surface area contributed by atoms with Gasteiger partial charge in [0.2, 0.25) is 11.8 Å². The first-order valence-corrected chi connectivity index (χ1v) is 11.9. The summed E-state index contributed by atoms with van der Waals surface area (Å²) in [5.74, 6) is -0.269. The van der Waals surface area contributed by atoms with Gasteiger partial charge in [-0.3, -0.25) is 14.5 Å². The highest BCUT2D eigenvalue weighted by Gasteiger charge is 2.32. The number of rotatable bonds is 5. The fourth-order valence-corrected chi connectivity index (χ4v) is 5.47. The summed E-state index contributed by atoms with van der Waals surface area (Å²) in [6.45, 7) is 5.17. The number of likely N-dealkylation sites (tertiary alicyclic amines) is 1. The van der Waals surface area contributed by atoms with Crippen molar-refractivity contribution in [2.24, 2.45) is 5.92 Å². The third-order valence-electron chi connectivity index (χ3n) is 6.08. The van der Waals surface area contributed by atoms with Crippen LogP contribution in [0.2, 0.25) is 4.34 Å². The number of piperidine rings is 1. The Kier molecular flexibility index (Phi) is 7.25. The maximum absolute atomic E-state index is 13.1. The predicted octanol–water partition coefficient (Wildman–Crippen LogP) is 3.67. The summed E-state index contributed by atoms with van der Waals surface area (Å²) in [4.78, 5) is 33.2. The van der Waals surface area contributed by atoms with Crippen LogP contribution < -0.4 is 0 Å². The van der Waals surface area contributed by atoms with Gasteiger partial charge in [-0.05, 0) is 42.7 Å². The first-order chi connectivity index (χ1) is 15.0. The van der Waals surface area contributed by atoms with Gasteiger partial charge in [0.15, 0.2) is 0 Å². The number of benzene rings is 1. The van der Waals surface area contributed by atoms with Gasteiger partial charge in [-0.25, -0.2) is 4.39 Å². The van der Waals surface area contributed by atoms with Crippen molar-refractivity contribution in [3.05, 3.63) is 57.0 Å². The Morgan fingerprint density at radius 3 is 2.42 bits per heavy atom. The van der Waals surface area contributed by atoms with E-state index in [9.17, 15) is 14.0 Å². The molecule has 2 aliphatic rings. The quantitative estimate of drug-likeness (QED) is 0.679. The Balaban J connectivity index is 1.26. The van der Waals surface area contributed by atoms with E-state index >= 15 is 0 Å². The van der Waals surface area contributed by atoms with Crippen LogP contribution in [0.15, 0.2) is 36.4 Å². The lowest BCUT2D eigenvalue weighted by molar-refractivity contribution is -0.142. The highest BCUT2D eigenvalue weighted by Crippen LogP contribution is 2.24. The lowest BCUT2D eigenvalue weighted by Gasteiger charge is -2.39. The molecule has 5 nitrogen and oxygen atoms in total. The molecule has 0 N–H and O–H groups in total. The standard InChI is InChI=1S/C23H27ClFN3O2S/c24-21-8-7-20(31-21)16-26-10-12-27(13-11-26)23(30)18-2-1-9-28(15-18)22(29)14-17-3-5-19(25)6-4-17/h3-8,18H,1-2,9-16H2. The number of carbonyl (C=O) groups is 2. The summed E-state index contributed by atoms with van der Waals surface area (Å²) in [6, 6.07) is 10.0. The number of nitrogens with zero attached hydrogens (tertiary/aromatic N) is 3. The highest BCUT2D eigenvalue weighted by atomic mass is 35.5. The zero-order valence-electron chi connectivity index (χ0n) is 17.4. The molecule has 1 unspecified atom stereocenters. The minimum Gasteiger partial charge on any atom is -0.342 e. The Morgan fingerprint density at radius 2 is 1.74 bits per heavy atom. The normalized spacial score (nSPS) is 20.1. The molecule has 8 heteroatoms. The zero-order valence-corrected chi connectivity index (χ0v) is 19.0. The van der Waals surface area contributed by atoms with Gasteiger partial charge in [-0.15, -0.1) is 11.3 Å². The summed E-state index contributed by atoms with van der Waals surface area (Å²) in [6.07, 6.45) is 1.91. The average molecular weight is 464 g/mol. The molecule has 0 radical (unpaired) electrons. The first-order valence-electron chi connectivity index (χ1n) is 10.8. The van der Waals surface area contributed by atoms with Crippen molar-refractivity contribution >= 4 is 34.8 Å². The van der Waals surface area contributed by atoms with Gasteiger partial charge in [0, 0.05) is 50.7 Å². The second-order valence-electron chi connectivity index (χ2n) is 8.29. The lowest BCUT2D eigenvalue weighted by atomic mass is 9.95. The molecule has 3 heterocycles. The molecule has 4 rings (SSSR count). The van der Waals surface area contributed by atoms with Gasteiger partial charge in [-0.2, -0.15) is 0 Å². The third-order valence-corrected chi connectivity index (χ3v) is 7.30. The van der Waals surface area contributed by atoms with Gasteiger partial charge < -0.3 is 9.80 Å². The Bertz CT molecular complexity index is 912. The minimum atomic E-state index is -0.306. The van der Waals surface area contributed by atoms with Crippen LogP contribution in [0.25, 0.3) is 0 Å². The number of thiophene rings is 1. The van der Waals surface area contributed by atoms with Crippen molar-refractivity contribution in [2.75, 3.05) is 39.3 Å². The second kappa shape index (κ2) is 10.1. The monoisotopic (exact) mass is 463 g/mol. The third kappa shape index (κ3) is 5.84. The maximum Gasteiger partial charge on any atom is 0.227 e. The minimum absolute atomic E-state index is 0.00327. The predicted molar refractivity (Wildman–Crippen MR) is 121 cm³/mol. The maximum atomic E-state index is 13.1. The topological polar surface area (TPSA) is 43.9 Å². The van der Waals surface area contributed by atoms with E-state index < -0.39 is 0 Å². The smallest absolute Gasteiger partial charge is 0.227 e. The van der Waals surface area contributed by atoms with Crippen LogP contribution in [0, 0.1) is 11.7 Å². The lowest BCUT2D eigenvalue weighted by Crippen LogP contribution is -2.52. The summed E-state index contributed by atoms with van der Waals surface area (Å²) >= 11 is 7.62. The molecule has 166 valence electrons. The SMILES string of the molecule is O=C(Cc1ccc(F)cc1)N1CCCC(C(=O)N2CCN(Cc3ccc(Cl)s3)CC2)C1. The molecule has 2 amide bonds. The van der Waals surface area contributed by atoms with Crippen molar-refractivity contribution in [3.63, 3.8) is 0 Å². The van der Waals surface area contributed by atoms with Crippen LogP contribution in [0.4, 0.5) is 4.39 Å². The van der Waals surface area contributed by atoms with E-state index in [1.807, 2.05) is 11.0 Å². The Morgan fingerprint density at radius 1 is 1.00 bits per heavy atom.